The summed E-state index contributed by atoms with van der Waals surface area (Å²) in [5.41, 5.74) is 0. The van der Waals surface area contributed by atoms with E-state index in [1.807, 2.05) is 60.7 Å². The minimum absolute atomic E-state index is 0.0464. The van der Waals surface area contributed by atoms with Crippen molar-refractivity contribution in [2.75, 3.05) is 26.2 Å². The lowest BCUT2D eigenvalue weighted by Crippen LogP contribution is -2.75. The van der Waals surface area contributed by atoms with E-state index in [0.717, 1.165) is 9.79 Å². The minimum Gasteiger partial charge on any atom is -0.339 e. The number of ketones is 1. The molecule has 7 heteroatoms. The third kappa shape index (κ3) is 3.88. The second kappa shape index (κ2) is 8.12. The van der Waals surface area contributed by atoms with Crippen LogP contribution in [-0.2, 0) is 14.4 Å². The van der Waals surface area contributed by atoms with Crippen LogP contribution in [-0.4, -0.2) is 63.1 Å². The molecule has 2 bridgehead atoms. The zero-order valence-electron chi connectivity index (χ0n) is 17.0. The summed E-state index contributed by atoms with van der Waals surface area (Å²) in [6.45, 7) is 4.33. The van der Waals surface area contributed by atoms with E-state index < -0.39 is 9.49 Å². The number of nitrogens with zero attached hydrogens (tertiary/aromatic N) is 2. The number of fused-ring (bicyclic) bond motifs is 2. The average molecular weight is 441 g/mol. The molecule has 0 unspecified atom stereocenters. The molecule has 0 atom stereocenters. The van der Waals surface area contributed by atoms with Crippen LogP contribution in [0.4, 0.5) is 0 Å². The monoisotopic (exact) mass is 440 g/mol. The van der Waals surface area contributed by atoms with E-state index in [1.54, 1.807) is 23.6 Å². The Balaban J connectivity index is 1.81. The highest BCUT2D eigenvalue weighted by atomic mass is 32.2. The van der Waals surface area contributed by atoms with Gasteiger partial charge >= 0.3 is 0 Å². The third-order valence-corrected chi connectivity index (χ3v) is 8.30. The fourth-order valence-corrected chi connectivity index (χ4v) is 7.25. The Labute approximate surface area is 185 Å². The molecule has 5 nitrogen and oxygen atoms in total. The van der Waals surface area contributed by atoms with Gasteiger partial charge in [-0.1, -0.05) is 36.4 Å². The maximum atomic E-state index is 14.1. The number of hydrogen-bond donors (Lipinski definition) is 0. The predicted molar refractivity (Wildman–Crippen MR) is 120 cm³/mol. The first-order valence-electron chi connectivity index (χ1n) is 9.88. The van der Waals surface area contributed by atoms with Crippen LogP contribution in [0.5, 0.6) is 0 Å². The Morgan fingerprint density at radius 2 is 1.03 bits per heavy atom. The van der Waals surface area contributed by atoms with Gasteiger partial charge in [-0.05, 0) is 24.3 Å². The topological polar surface area (TPSA) is 57.7 Å². The van der Waals surface area contributed by atoms with Gasteiger partial charge in [-0.25, -0.2) is 0 Å². The summed E-state index contributed by atoms with van der Waals surface area (Å²) in [6.07, 6.45) is 0. The molecule has 2 aromatic carbocycles. The summed E-state index contributed by atoms with van der Waals surface area (Å²) in [6, 6.07) is 19.5. The van der Waals surface area contributed by atoms with Crippen LogP contribution >= 0.6 is 23.5 Å². The number of amides is 2. The molecule has 2 aromatic rings. The molecular formula is C23H24N2O3S2. The van der Waals surface area contributed by atoms with Crippen LogP contribution in [0, 0.1) is 0 Å². The molecule has 2 fully saturated rings. The molecule has 2 amide bonds. The fraction of sp³-hybridized carbons (Fsp3) is 0.348. The van der Waals surface area contributed by atoms with Crippen LogP contribution < -0.4 is 0 Å². The number of carbonyl (C=O) groups is 3. The van der Waals surface area contributed by atoms with Gasteiger partial charge in [0.2, 0.25) is 11.8 Å². The van der Waals surface area contributed by atoms with Crippen LogP contribution in [0.2, 0.25) is 0 Å². The van der Waals surface area contributed by atoms with Crippen molar-refractivity contribution in [3.05, 3.63) is 60.7 Å². The van der Waals surface area contributed by atoms with Gasteiger partial charge in [0, 0.05) is 49.8 Å². The molecule has 2 aliphatic rings. The first-order valence-corrected chi connectivity index (χ1v) is 11.5. The first kappa shape index (κ1) is 21.0. The van der Waals surface area contributed by atoms with Crippen LogP contribution in [0.1, 0.15) is 13.8 Å². The largest absolute Gasteiger partial charge is 0.339 e. The number of benzene rings is 2. The number of rotatable bonds is 4. The lowest BCUT2D eigenvalue weighted by atomic mass is 9.81. The molecular weight excluding hydrogens is 416 g/mol. The predicted octanol–water partition coefficient (Wildman–Crippen LogP) is 3.34. The van der Waals surface area contributed by atoms with Gasteiger partial charge in [0.25, 0.3) is 0 Å². The van der Waals surface area contributed by atoms with Crippen molar-refractivity contribution in [2.45, 2.75) is 33.1 Å². The first-order chi connectivity index (χ1) is 14.3. The second-order valence-electron chi connectivity index (χ2n) is 7.90. The molecule has 156 valence electrons. The lowest BCUT2D eigenvalue weighted by molar-refractivity contribution is -0.143. The highest BCUT2D eigenvalue weighted by Gasteiger charge is 2.62. The Morgan fingerprint density at radius 3 is 1.33 bits per heavy atom. The van der Waals surface area contributed by atoms with Crippen LogP contribution in [0.25, 0.3) is 0 Å². The summed E-state index contributed by atoms with van der Waals surface area (Å²) in [5.74, 6) is 0.0254. The van der Waals surface area contributed by atoms with E-state index in [-0.39, 0.29) is 17.6 Å². The Morgan fingerprint density at radius 1 is 0.700 bits per heavy atom. The fourth-order valence-electron chi connectivity index (χ4n) is 4.24. The average Bonchev–Trinajstić information content (AvgIpc) is 2.71. The van der Waals surface area contributed by atoms with Gasteiger partial charge in [0.1, 0.15) is 9.49 Å². The van der Waals surface area contributed by atoms with E-state index >= 15 is 0 Å². The lowest BCUT2D eigenvalue weighted by Gasteiger charge is -2.56. The SMILES string of the molecule is CC(=O)N1CC2(Sc3ccccc3)CN(C(C)=O)CC(Sc3ccccc3)(C1)C2=O. The normalized spacial score (nSPS) is 25.9. The highest BCUT2D eigenvalue weighted by molar-refractivity contribution is 8.03. The number of carbonyl (C=O) groups excluding carboxylic acids is 3. The van der Waals surface area contributed by atoms with Crippen molar-refractivity contribution in [3.63, 3.8) is 0 Å². The van der Waals surface area contributed by atoms with E-state index in [4.69, 9.17) is 0 Å². The van der Waals surface area contributed by atoms with Crippen molar-refractivity contribution in [1.29, 1.82) is 0 Å². The van der Waals surface area contributed by atoms with Crippen LogP contribution in [0.3, 0.4) is 0 Å². The van der Waals surface area contributed by atoms with Crippen molar-refractivity contribution in [3.8, 4) is 0 Å². The standard InChI is InChI=1S/C23H24N2O3S2/c1-17(26)24-13-22(29-19-9-5-3-6-10-19)15-25(18(2)27)16-23(14-24,21(22)28)30-20-11-7-4-8-12-20/h3-12H,13-16H2,1-2H3. The quantitative estimate of drug-likeness (QED) is 0.730. The third-order valence-electron chi connectivity index (χ3n) is 5.62. The zero-order valence-corrected chi connectivity index (χ0v) is 18.7. The maximum absolute atomic E-state index is 14.1. The van der Waals surface area contributed by atoms with E-state index in [1.165, 1.54) is 23.5 Å². The number of hydrogen-bond acceptors (Lipinski definition) is 5. The van der Waals surface area contributed by atoms with Gasteiger partial charge in [0.05, 0.1) is 0 Å². The summed E-state index contributed by atoms with van der Waals surface area (Å²) >= 11 is 2.95. The summed E-state index contributed by atoms with van der Waals surface area (Å²) in [7, 11) is 0. The smallest absolute Gasteiger partial charge is 0.219 e. The Kier molecular flexibility index (Phi) is 5.68. The van der Waals surface area contributed by atoms with E-state index in [2.05, 4.69) is 0 Å². The summed E-state index contributed by atoms with van der Waals surface area (Å²) in [4.78, 5) is 44.5. The maximum Gasteiger partial charge on any atom is 0.219 e. The van der Waals surface area contributed by atoms with Crippen molar-refractivity contribution < 1.29 is 14.4 Å². The number of likely N-dealkylation sites (tertiary alicyclic amines) is 2. The molecule has 0 saturated carbocycles. The summed E-state index contributed by atoms with van der Waals surface area (Å²) in [5, 5.41) is 0. The summed E-state index contributed by atoms with van der Waals surface area (Å²) < 4.78 is -1.78. The molecule has 4 rings (SSSR count). The van der Waals surface area contributed by atoms with Crippen molar-refractivity contribution >= 4 is 41.1 Å². The van der Waals surface area contributed by atoms with Gasteiger partial charge < -0.3 is 9.80 Å². The molecule has 0 radical (unpaired) electrons. The van der Waals surface area contributed by atoms with E-state index in [9.17, 15) is 14.4 Å². The number of Topliss-reactive ketones (excluding diaryl/α,β-unsaturated/α-hetero) is 1. The molecule has 0 aromatic heterocycles. The Bertz CT molecular complexity index is 875. The van der Waals surface area contributed by atoms with Gasteiger partial charge in [-0.2, -0.15) is 0 Å². The number of piperidine rings is 2. The zero-order chi connectivity index (χ0) is 21.4. The van der Waals surface area contributed by atoms with Gasteiger partial charge in [-0.3, -0.25) is 14.4 Å². The van der Waals surface area contributed by atoms with Gasteiger partial charge in [0.15, 0.2) is 5.78 Å². The van der Waals surface area contributed by atoms with E-state index in [0.29, 0.717) is 26.2 Å². The second-order valence-corrected chi connectivity index (χ2v) is 10.8. The Hall–Kier alpha value is -2.25. The minimum atomic E-state index is -0.892. The van der Waals surface area contributed by atoms with Crippen LogP contribution in [0.15, 0.2) is 70.5 Å². The van der Waals surface area contributed by atoms with Crippen molar-refractivity contribution in [1.82, 2.24) is 9.80 Å². The molecule has 2 aliphatic heterocycles. The highest BCUT2D eigenvalue weighted by Crippen LogP contribution is 2.50. The molecule has 0 spiro atoms. The molecule has 2 heterocycles. The van der Waals surface area contributed by atoms with Gasteiger partial charge in [-0.15, -0.1) is 23.5 Å². The molecule has 30 heavy (non-hydrogen) atoms. The molecule has 2 saturated heterocycles. The molecule has 0 aliphatic carbocycles. The van der Waals surface area contributed by atoms with Crippen molar-refractivity contribution in [2.24, 2.45) is 0 Å². The number of thioether (sulfide) groups is 2. The molecule has 0 N–H and O–H groups in total.